The van der Waals surface area contributed by atoms with E-state index in [9.17, 15) is 14.4 Å². The average Bonchev–Trinajstić information content (AvgIpc) is 2.52. The molecule has 0 aliphatic carbocycles. The first kappa shape index (κ1) is 16.5. The fourth-order valence-corrected chi connectivity index (χ4v) is 2.75. The molecular formula is C15H17BrN2O4. The van der Waals surface area contributed by atoms with E-state index in [1.807, 2.05) is 0 Å². The van der Waals surface area contributed by atoms with Gasteiger partial charge in [0.05, 0.1) is 11.5 Å². The molecule has 1 saturated heterocycles. The van der Waals surface area contributed by atoms with Crippen molar-refractivity contribution in [2.24, 2.45) is 11.7 Å². The second-order valence-electron chi connectivity index (χ2n) is 5.17. The lowest BCUT2D eigenvalue weighted by atomic mass is 9.97. The Morgan fingerprint density at radius 3 is 2.82 bits per heavy atom. The topological polar surface area (TPSA) is 89.7 Å². The molecule has 1 fully saturated rings. The first-order valence-electron chi connectivity index (χ1n) is 6.97. The van der Waals surface area contributed by atoms with Crippen LogP contribution in [0.2, 0.25) is 0 Å². The summed E-state index contributed by atoms with van der Waals surface area (Å²) in [6, 6.07) is 6.74. The Kier molecular flexibility index (Phi) is 5.54. The van der Waals surface area contributed by atoms with E-state index in [1.165, 1.54) is 4.90 Å². The molecule has 1 heterocycles. The number of nitrogens with zero attached hydrogens (tertiary/aromatic N) is 1. The van der Waals surface area contributed by atoms with Gasteiger partial charge in [-0.05, 0) is 31.0 Å². The van der Waals surface area contributed by atoms with Gasteiger partial charge in [0.25, 0.3) is 5.91 Å². The van der Waals surface area contributed by atoms with Gasteiger partial charge in [0.15, 0.2) is 6.61 Å². The van der Waals surface area contributed by atoms with Gasteiger partial charge in [-0.1, -0.05) is 22.0 Å². The van der Waals surface area contributed by atoms with Crippen molar-refractivity contribution in [1.82, 2.24) is 4.90 Å². The van der Waals surface area contributed by atoms with Gasteiger partial charge < -0.3 is 15.4 Å². The second-order valence-corrected chi connectivity index (χ2v) is 6.08. The molecule has 1 aromatic carbocycles. The Labute approximate surface area is 136 Å². The Hall–Kier alpha value is -1.89. The zero-order chi connectivity index (χ0) is 16.1. The van der Waals surface area contributed by atoms with E-state index in [0.29, 0.717) is 25.1 Å². The zero-order valence-corrected chi connectivity index (χ0v) is 13.5. The maximum atomic E-state index is 12.1. The molecule has 1 aliphatic heterocycles. The molecule has 1 aromatic rings. The van der Waals surface area contributed by atoms with Crippen molar-refractivity contribution in [2.75, 3.05) is 19.7 Å². The number of hydrogen-bond acceptors (Lipinski definition) is 4. The van der Waals surface area contributed by atoms with Crippen LogP contribution >= 0.6 is 15.9 Å². The number of primary amides is 1. The minimum atomic E-state index is -0.557. The maximum Gasteiger partial charge on any atom is 0.338 e. The smallest absolute Gasteiger partial charge is 0.338 e. The highest BCUT2D eigenvalue weighted by atomic mass is 79.9. The summed E-state index contributed by atoms with van der Waals surface area (Å²) in [7, 11) is 0. The molecule has 7 heteroatoms. The van der Waals surface area contributed by atoms with Gasteiger partial charge in [-0.2, -0.15) is 0 Å². The normalized spacial score (nSPS) is 17.9. The number of amides is 2. The van der Waals surface area contributed by atoms with Gasteiger partial charge in [0.2, 0.25) is 5.91 Å². The van der Waals surface area contributed by atoms with Gasteiger partial charge in [0.1, 0.15) is 0 Å². The number of esters is 1. The van der Waals surface area contributed by atoms with Crippen molar-refractivity contribution in [3.05, 3.63) is 34.3 Å². The molecule has 0 aromatic heterocycles. The van der Waals surface area contributed by atoms with Crippen LogP contribution in [0.1, 0.15) is 23.2 Å². The minimum absolute atomic E-state index is 0.294. The summed E-state index contributed by atoms with van der Waals surface area (Å²) in [5.41, 5.74) is 5.65. The largest absolute Gasteiger partial charge is 0.452 e. The lowest BCUT2D eigenvalue weighted by molar-refractivity contribution is -0.137. The van der Waals surface area contributed by atoms with Crippen LogP contribution in [0.15, 0.2) is 28.7 Å². The molecule has 0 saturated carbocycles. The Morgan fingerprint density at radius 2 is 2.14 bits per heavy atom. The molecule has 0 unspecified atom stereocenters. The Morgan fingerprint density at radius 1 is 1.36 bits per heavy atom. The van der Waals surface area contributed by atoms with E-state index in [4.69, 9.17) is 10.5 Å². The van der Waals surface area contributed by atoms with Crippen molar-refractivity contribution in [2.45, 2.75) is 12.8 Å². The van der Waals surface area contributed by atoms with Gasteiger partial charge in [-0.25, -0.2) is 4.79 Å². The molecule has 2 N–H and O–H groups in total. The number of piperidine rings is 1. The maximum absolute atomic E-state index is 12.1. The predicted molar refractivity (Wildman–Crippen MR) is 82.9 cm³/mol. The summed E-state index contributed by atoms with van der Waals surface area (Å²) in [6.07, 6.45) is 1.41. The first-order valence-corrected chi connectivity index (χ1v) is 7.76. The zero-order valence-electron chi connectivity index (χ0n) is 12.0. The number of carbonyl (C=O) groups excluding carboxylic acids is 3. The molecule has 2 rings (SSSR count). The summed E-state index contributed by atoms with van der Waals surface area (Å²) in [4.78, 5) is 36.6. The molecule has 22 heavy (non-hydrogen) atoms. The van der Waals surface area contributed by atoms with Crippen LogP contribution in [-0.2, 0) is 14.3 Å². The lowest BCUT2D eigenvalue weighted by Gasteiger charge is -2.31. The molecule has 0 spiro atoms. The number of likely N-dealkylation sites (tertiary alicyclic amines) is 1. The van der Waals surface area contributed by atoms with Crippen molar-refractivity contribution in [1.29, 1.82) is 0 Å². The van der Waals surface area contributed by atoms with E-state index in [0.717, 1.165) is 10.9 Å². The number of halogens is 1. The van der Waals surface area contributed by atoms with Crippen LogP contribution in [0.4, 0.5) is 0 Å². The monoisotopic (exact) mass is 368 g/mol. The molecule has 118 valence electrons. The van der Waals surface area contributed by atoms with Crippen molar-refractivity contribution < 1.29 is 19.1 Å². The number of carbonyl (C=O) groups is 3. The fraction of sp³-hybridized carbons (Fsp3) is 0.400. The molecule has 0 bridgehead atoms. The van der Waals surface area contributed by atoms with Gasteiger partial charge in [-0.3, -0.25) is 9.59 Å². The first-order chi connectivity index (χ1) is 10.5. The third-order valence-electron chi connectivity index (χ3n) is 3.56. The van der Waals surface area contributed by atoms with Crippen molar-refractivity contribution in [3.8, 4) is 0 Å². The van der Waals surface area contributed by atoms with Crippen LogP contribution in [0.25, 0.3) is 0 Å². The minimum Gasteiger partial charge on any atom is -0.452 e. The van der Waals surface area contributed by atoms with Crippen LogP contribution in [0.5, 0.6) is 0 Å². The highest BCUT2D eigenvalue weighted by molar-refractivity contribution is 9.10. The third-order valence-corrected chi connectivity index (χ3v) is 4.06. The van der Waals surface area contributed by atoms with Crippen LogP contribution < -0.4 is 5.73 Å². The van der Waals surface area contributed by atoms with Crippen LogP contribution in [0, 0.1) is 5.92 Å². The Bertz CT molecular complexity index is 591. The number of hydrogen-bond donors (Lipinski definition) is 1. The third kappa shape index (κ3) is 4.30. The molecule has 0 radical (unpaired) electrons. The van der Waals surface area contributed by atoms with Crippen molar-refractivity contribution in [3.63, 3.8) is 0 Å². The molecular weight excluding hydrogens is 352 g/mol. The van der Waals surface area contributed by atoms with E-state index >= 15 is 0 Å². The SMILES string of the molecule is NC(=O)[C@H]1CCCN(C(=O)COC(=O)c2cccc(Br)c2)C1. The summed E-state index contributed by atoms with van der Waals surface area (Å²) >= 11 is 3.27. The summed E-state index contributed by atoms with van der Waals surface area (Å²) < 4.78 is 5.78. The quantitative estimate of drug-likeness (QED) is 0.811. The van der Waals surface area contributed by atoms with E-state index in [2.05, 4.69) is 15.9 Å². The fourth-order valence-electron chi connectivity index (χ4n) is 2.35. The number of ether oxygens (including phenoxy) is 1. The summed E-state index contributed by atoms with van der Waals surface area (Å²) in [5.74, 6) is -1.59. The van der Waals surface area contributed by atoms with Gasteiger partial charge in [0, 0.05) is 17.6 Å². The highest BCUT2D eigenvalue weighted by Crippen LogP contribution is 2.16. The second kappa shape index (κ2) is 7.40. The Balaban J connectivity index is 1.87. The molecule has 2 amide bonds. The standard InChI is InChI=1S/C15H17BrN2O4/c16-12-5-1-3-10(7-12)15(21)22-9-13(19)18-6-2-4-11(8-18)14(17)20/h1,3,5,7,11H,2,4,6,8-9H2,(H2,17,20)/t11-/m0/s1. The highest BCUT2D eigenvalue weighted by Gasteiger charge is 2.27. The molecule has 1 atom stereocenters. The summed E-state index contributed by atoms with van der Waals surface area (Å²) in [6.45, 7) is 0.510. The number of nitrogens with two attached hydrogens (primary N) is 1. The van der Waals surface area contributed by atoms with Crippen molar-refractivity contribution >= 4 is 33.7 Å². The lowest BCUT2D eigenvalue weighted by Crippen LogP contribution is -2.45. The number of rotatable bonds is 4. The molecule has 1 aliphatic rings. The average molecular weight is 369 g/mol. The van der Waals surface area contributed by atoms with Crippen LogP contribution in [-0.4, -0.2) is 42.4 Å². The van der Waals surface area contributed by atoms with Gasteiger partial charge >= 0.3 is 5.97 Å². The molecule has 6 nitrogen and oxygen atoms in total. The van der Waals surface area contributed by atoms with E-state index < -0.39 is 11.9 Å². The number of benzene rings is 1. The van der Waals surface area contributed by atoms with Gasteiger partial charge in [-0.15, -0.1) is 0 Å². The van der Waals surface area contributed by atoms with E-state index in [1.54, 1.807) is 24.3 Å². The van der Waals surface area contributed by atoms with Crippen LogP contribution in [0.3, 0.4) is 0 Å². The predicted octanol–water partition coefficient (Wildman–Crippen LogP) is 1.33. The van der Waals surface area contributed by atoms with E-state index in [-0.39, 0.29) is 18.4 Å². The summed E-state index contributed by atoms with van der Waals surface area (Å²) in [5, 5.41) is 0.